The number of hydrogen-bond donors (Lipinski definition) is 2. The van der Waals surface area contributed by atoms with Gasteiger partial charge in [-0.05, 0) is 43.9 Å². The van der Waals surface area contributed by atoms with Crippen molar-refractivity contribution in [2.75, 3.05) is 7.11 Å². The molecule has 1 aliphatic rings. The number of benzene rings is 1. The second kappa shape index (κ2) is 7.40. The van der Waals surface area contributed by atoms with Gasteiger partial charge in [-0.1, -0.05) is 0 Å². The van der Waals surface area contributed by atoms with Crippen molar-refractivity contribution in [2.24, 2.45) is 5.73 Å². The quantitative estimate of drug-likeness (QED) is 0.874. The molecule has 1 aliphatic carbocycles. The summed E-state index contributed by atoms with van der Waals surface area (Å²) in [4.78, 5) is 12.2. The molecule has 0 heterocycles. The first-order chi connectivity index (χ1) is 10.5. The van der Waals surface area contributed by atoms with E-state index in [2.05, 4.69) is 10.1 Å². The molecule has 7 heteroatoms. The summed E-state index contributed by atoms with van der Waals surface area (Å²) < 4.78 is 33.9. The van der Waals surface area contributed by atoms with Gasteiger partial charge in [0.1, 0.15) is 0 Å². The third-order valence-electron chi connectivity index (χ3n) is 3.75. The molecule has 1 amide bonds. The van der Waals surface area contributed by atoms with Crippen LogP contribution in [-0.2, 0) is 0 Å². The molecule has 122 valence electrons. The van der Waals surface area contributed by atoms with Crippen molar-refractivity contribution in [1.29, 1.82) is 0 Å². The van der Waals surface area contributed by atoms with Gasteiger partial charge in [0.05, 0.1) is 7.11 Å². The molecule has 0 radical (unpaired) electrons. The van der Waals surface area contributed by atoms with Crippen molar-refractivity contribution in [3.05, 3.63) is 23.8 Å². The van der Waals surface area contributed by atoms with Gasteiger partial charge in [-0.3, -0.25) is 4.79 Å². The van der Waals surface area contributed by atoms with E-state index < -0.39 is 6.61 Å². The van der Waals surface area contributed by atoms with E-state index in [1.165, 1.54) is 25.3 Å². The summed E-state index contributed by atoms with van der Waals surface area (Å²) in [5, 5.41) is 2.93. The summed E-state index contributed by atoms with van der Waals surface area (Å²) in [6.07, 6.45) is 3.46. The van der Waals surface area contributed by atoms with Crippen LogP contribution in [0.25, 0.3) is 0 Å². The Morgan fingerprint density at radius 3 is 2.55 bits per heavy atom. The topological polar surface area (TPSA) is 73.6 Å². The van der Waals surface area contributed by atoms with Crippen LogP contribution in [0, 0.1) is 0 Å². The summed E-state index contributed by atoms with van der Waals surface area (Å²) in [7, 11) is 1.33. The smallest absolute Gasteiger partial charge is 0.387 e. The molecule has 0 aromatic heterocycles. The zero-order valence-corrected chi connectivity index (χ0v) is 12.4. The van der Waals surface area contributed by atoms with E-state index in [9.17, 15) is 13.6 Å². The molecule has 1 saturated carbocycles. The highest BCUT2D eigenvalue weighted by Crippen LogP contribution is 2.29. The third-order valence-corrected chi connectivity index (χ3v) is 3.75. The molecule has 0 saturated heterocycles. The average Bonchev–Trinajstić information content (AvgIpc) is 2.49. The lowest BCUT2D eigenvalue weighted by molar-refractivity contribution is -0.0512. The van der Waals surface area contributed by atoms with E-state index >= 15 is 0 Å². The Balaban J connectivity index is 2.03. The van der Waals surface area contributed by atoms with Gasteiger partial charge < -0.3 is 20.5 Å². The van der Waals surface area contributed by atoms with Crippen molar-refractivity contribution in [2.45, 2.75) is 44.4 Å². The highest BCUT2D eigenvalue weighted by atomic mass is 19.3. The van der Waals surface area contributed by atoms with Crippen LogP contribution >= 0.6 is 0 Å². The second-order valence-corrected chi connectivity index (χ2v) is 5.33. The number of rotatable bonds is 5. The van der Waals surface area contributed by atoms with Gasteiger partial charge in [0, 0.05) is 17.6 Å². The molecule has 0 bridgehead atoms. The first-order valence-electron chi connectivity index (χ1n) is 7.19. The van der Waals surface area contributed by atoms with Gasteiger partial charge in [-0.15, -0.1) is 0 Å². The fraction of sp³-hybridized carbons (Fsp3) is 0.533. The van der Waals surface area contributed by atoms with Crippen LogP contribution < -0.4 is 20.5 Å². The summed E-state index contributed by atoms with van der Waals surface area (Å²) in [6.45, 7) is -2.94. The minimum absolute atomic E-state index is 0.0929. The van der Waals surface area contributed by atoms with Gasteiger partial charge in [-0.25, -0.2) is 0 Å². The number of hydrogen-bond acceptors (Lipinski definition) is 4. The predicted molar refractivity (Wildman–Crippen MR) is 77.3 cm³/mol. The van der Waals surface area contributed by atoms with Gasteiger partial charge in [0.25, 0.3) is 5.91 Å². The first-order valence-corrected chi connectivity index (χ1v) is 7.19. The summed E-state index contributed by atoms with van der Waals surface area (Å²) in [5.41, 5.74) is 6.17. The number of ether oxygens (including phenoxy) is 2. The van der Waals surface area contributed by atoms with Crippen molar-refractivity contribution in [3.63, 3.8) is 0 Å². The van der Waals surface area contributed by atoms with E-state index in [0.717, 1.165) is 25.7 Å². The zero-order valence-electron chi connectivity index (χ0n) is 12.4. The van der Waals surface area contributed by atoms with Crippen LogP contribution in [0.2, 0.25) is 0 Å². The molecule has 0 spiro atoms. The van der Waals surface area contributed by atoms with E-state index in [-0.39, 0.29) is 29.5 Å². The van der Waals surface area contributed by atoms with E-state index in [1.54, 1.807) is 0 Å². The maximum absolute atomic E-state index is 12.3. The molecular formula is C15H20F2N2O3. The van der Waals surface area contributed by atoms with E-state index in [0.29, 0.717) is 5.56 Å². The SMILES string of the molecule is COc1cc(C(=O)NC2CCC(N)CC2)ccc1OC(F)F. The molecule has 22 heavy (non-hydrogen) atoms. The molecule has 2 rings (SSSR count). The maximum atomic E-state index is 12.3. The number of nitrogens with two attached hydrogens (primary N) is 1. The summed E-state index contributed by atoms with van der Waals surface area (Å²) in [6, 6.07) is 4.43. The van der Waals surface area contributed by atoms with Crippen LogP contribution in [0.4, 0.5) is 8.78 Å². The lowest BCUT2D eigenvalue weighted by Crippen LogP contribution is -2.40. The largest absolute Gasteiger partial charge is 0.493 e. The van der Waals surface area contributed by atoms with Gasteiger partial charge >= 0.3 is 6.61 Å². The Kier molecular flexibility index (Phi) is 5.54. The molecule has 1 aromatic carbocycles. The number of methoxy groups -OCH3 is 1. The molecule has 0 aliphatic heterocycles. The van der Waals surface area contributed by atoms with E-state index in [4.69, 9.17) is 10.5 Å². The lowest BCUT2D eigenvalue weighted by atomic mass is 9.91. The second-order valence-electron chi connectivity index (χ2n) is 5.33. The van der Waals surface area contributed by atoms with Crippen LogP contribution in [0.1, 0.15) is 36.0 Å². The molecule has 5 nitrogen and oxygen atoms in total. The molecule has 1 aromatic rings. The van der Waals surface area contributed by atoms with Crippen molar-refractivity contribution < 1.29 is 23.0 Å². The zero-order chi connectivity index (χ0) is 16.1. The van der Waals surface area contributed by atoms with Crippen molar-refractivity contribution >= 4 is 5.91 Å². The summed E-state index contributed by atoms with van der Waals surface area (Å²) >= 11 is 0. The maximum Gasteiger partial charge on any atom is 0.387 e. The van der Waals surface area contributed by atoms with Gasteiger partial charge in [-0.2, -0.15) is 8.78 Å². The third kappa shape index (κ3) is 4.30. The van der Waals surface area contributed by atoms with Crippen molar-refractivity contribution in [3.8, 4) is 11.5 Å². The fourth-order valence-corrected chi connectivity index (χ4v) is 2.53. The van der Waals surface area contributed by atoms with Crippen LogP contribution in [0.3, 0.4) is 0 Å². The average molecular weight is 314 g/mol. The number of halogens is 2. The Morgan fingerprint density at radius 2 is 1.95 bits per heavy atom. The molecule has 0 atom stereocenters. The van der Waals surface area contributed by atoms with Gasteiger partial charge in [0.2, 0.25) is 0 Å². The molecule has 1 fully saturated rings. The number of carbonyl (C=O) groups is 1. The van der Waals surface area contributed by atoms with E-state index in [1.807, 2.05) is 0 Å². The highest BCUT2D eigenvalue weighted by molar-refractivity contribution is 5.95. The minimum atomic E-state index is -2.94. The van der Waals surface area contributed by atoms with Gasteiger partial charge in [0.15, 0.2) is 11.5 Å². The first kappa shape index (κ1) is 16.5. The normalized spacial score (nSPS) is 21.5. The highest BCUT2D eigenvalue weighted by Gasteiger charge is 2.21. The molecule has 0 unspecified atom stereocenters. The Morgan fingerprint density at radius 1 is 1.27 bits per heavy atom. The Labute approximate surface area is 127 Å². The predicted octanol–water partition coefficient (Wildman–Crippen LogP) is 2.30. The number of carbonyl (C=O) groups excluding carboxylic acids is 1. The van der Waals surface area contributed by atoms with Crippen LogP contribution in [0.5, 0.6) is 11.5 Å². The standard InChI is InChI=1S/C15H20F2N2O3/c1-21-13-8-9(2-7-12(13)22-15(16)17)14(20)19-11-5-3-10(18)4-6-11/h2,7-8,10-11,15H,3-6,18H2,1H3,(H,19,20). The summed E-state index contributed by atoms with van der Waals surface area (Å²) in [5.74, 6) is -0.265. The van der Waals surface area contributed by atoms with Crippen molar-refractivity contribution in [1.82, 2.24) is 5.32 Å². The molecule has 3 N–H and O–H groups in total. The lowest BCUT2D eigenvalue weighted by Gasteiger charge is -2.26. The fourth-order valence-electron chi connectivity index (χ4n) is 2.53. The van der Waals surface area contributed by atoms with Crippen LogP contribution in [-0.4, -0.2) is 31.7 Å². The number of nitrogens with one attached hydrogen (secondary N) is 1. The Hall–Kier alpha value is -1.89. The Bertz CT molecular complexity index is 518. The number of alkyl halides is 2. The van der Waals surface area contributed by atoms with Crippen LogP contribution in [0.15, 0.2) is 18.2 Å². The molecular weight excluding hydrogens is 294 g/mol. The number of amides is 1. The monoisotopic (exact) mass is 314 g/mol. The minimum Gasteiger partial charge on any atom is -0.493 e.